The first kappa shape index (κ1) is 18.7. The Kier molecular flexibility index (Phi) is 5.59. The van der Waals surface area contributed by atoms with Gasteiger partial charge in [0.1, 0.15) is 11.6 Å². The number of benzene rings is 2. The molecule has 0 saturated heterocycles. The minimum absolute atomic E-state index is 0.290. The SMILES string of the molecule is CN(Cc1cccc(C(N)=O)c1)C(=O)N[C@H]1CCCOc2ccc(F)cc21. The van der Waals surface area contributed by atoms with E-state index < -0.39 is 5.91 Å². The van der Waals surface area contributed by atoms with Crippen LogP contribution in [0, 0.1) is 5.82 Å². The Morgan fingerprint density at radius 1 is 1.30 bits per heavy atom. The number of hydrogen-bond acceptors (Lipinski definition) is 3. The van der Waals surface area contributed by atoms with E-state index in [1.54, 1.807) is 31.3 Å². The van der Waals surface area contributed by atoms with Gasteiger partial charge in [0.25, 0.3) is 0 Å². The van der Waals surface area contributed by atoms with Crippen molar-refractivity contribution in [3.05, 3.63) is 65.0 Å². The molecule has 1 atom stereocenters. The fraction of sp³-hybridized carbons (Fsp3) is 0.300. The number of nitrogens with zero attached hydrogens (tertiary/aromatic N) is 1. The Hall–Kier alpha value is -3.09. The second-order valence-corrected chi connectivity index (χ2v) is 6.60. The molecule has 27 heavy (non-hydrogen) atoms. The molecular weight excluding hydrogens is 349 g/mol. The number of nitrogens with two attached hydrogens (primary N) is 1. The highest BCUT2D eigenvalue weighted by Crippen LogP contribution is 2.32. The summed E-state index contributed by atoms with van der Waals surface area (Å²) >= 11 is 0. The smallest absolute Gasteiger partial charge is 0.317 e. The molecule has 6 nitrogen and oxygen atoms in total. The molecule has 0 spiro atoms. The maximum Gasteiger partial charge on any atom is 0.317 e. The molecule has 0 unspecified atom stereocenters. The van der Waals surface area contributed by atoms with Crippen molar-refractivity contribution in [3.8, 4) is 5.75 Å². The van der Waals surface area contributed by atoms with Gasteiger partial charge in [0.15, 0.2) is 0 Å². The molecule has 0 fully saturated rings. The molecule has 7 heteroatoms. The average Bonchev–Trinajstić information content (AvgIpc) is 2.84. The molecule has 1 heterocycles. The van der Waals surface area contributed by atoms with E-state index in [9.17, 15) is 14.0 Å². The van der Waals surface area contributed by atoms with Gasteiger partial charge in [-0.15, -0.1) is 0 Å². The second-order valence-electron chi connectivity index (χ2n) is 6.60. The van der Waals surface area contributed by atoms with Gasteiger partial charge in [-0.2, -0.15) is 0 Å². The summed E-state index contributed by atoms with van der Waals surface area (Å²) in [5, 5.41) is 2.95. The molecule has 3 rings (SSSR count). The molecule has 142 valence electrons. The Balaban J connectivity index is 1.70. The Bertz CT molecular complexity index is 856. The predicted molar refractivity (Wildman–Crippen MR) is 98.8 cm³/mol. The van der Waals surface area contributed by atoms with Crippen LogP contribution in [0.3, 0.4) is 0 Å². The molecule has 0 bridgehead atoms. The number of nitrogens with one attached hydrogen (secondary N) is 1. The molecule has 3 N–H and O–H groups in total. The standard InChI is InChI=1S/C20H22FN3O3/c1-24(12-13-4-2-5-14(10-13)19(22)25)20(26)23-17-6-3-9-27-18-8-7-15(21)11-16(17)18/h2,4-5,7-8,10-11,17H,3,6,9,12H2,1H3,(H2,22,25)(H,23,26)/t17-/m0/s1. The lowest BCUT2D eigenvalue weighted by Gasteiger charge is -2.24. The zero-order chi connectivity index (χ0) is 19.4. The summed E-state index contributed by atoms with van der Waals surface area (Å²) in [6.45, 7) is 0.840. The number of amides is 3. The van der Waals surface area contributed by atoms with Gasteiger partial charge in [-0.1, -0.05) is 12.1 Å². The second kappa shape index (κ2) is 8.07. The minimum atomic E-state index is -0.513. The lowest BCUT2D eigenvalue weighted by Crippen LogP contribution is -2.39. The number of hydrogen-bond donors (Lipinski definition) is 2. The Labute approximate surface area is 157 Å². The minimum Gasteiger partial charge on any atom is -0.493 e. The van der Waals surface area contributed by atoms with Gasteiger partial charge in [-0.05, 0) is 48.7 Å². The van der Waals surface area contributed by atoms with E-state index in [2.05, 4.69) is 5.32 Å². The molecule has 3 amide bonds. The van der Waals surface area contributed by atoms with Crippen LogP contribution in [0.1, 0.15) is 40.4 Å². The highest BCUT2D eigenvalue weighted by molar-refractivity contribution is 5.92. The molecular formula is C20H22FN3O3. The van der Waals surface area contributed by atoms with E-state index in [4.69, 9.17) is 10.5 Å². The Morgan fingerprint density at radius 3 is 2.89 bits per heavy atom. The average molecular weight is 371 g/mol. The number of rotatable bonds is 4. The van der Waals surface area contributed by atoms with E-state index in [1.165, 1.54) is 17.0 Å². The lowest BCUT2D eigenvalue weighted by molar-refractivity contribution is 0.1000. The van der Waals surface area contributed by atoms with E-state index in [0.29, 0.717) is 36.4 Å². The van der Waals surface area contributed by atoms with Crippen molar-refractivity contribution in [1.82, 2.24) is 10.2 Å². The molecule has 1 aliphatic heterocycles. The lowest BCUT2D eigenvalue weighted by atomic mass is 10.0. The monoisotopic (exact) mass is 371 g/mol. The van der Waals surface area contributed by atoms with E-state index in [1.807, 2.05) is 6.07 Å². The highest BCUT2D eigenvalue weighted by Gasteiger charge is 2.23. The fourth-order valence-corrected chi connectivity index (χ4v) is 3.13. The fourth-order valence-electron chi connectivity index (χ4n) is 3.13. The molecule has 0 saturated carbocycles. The van der Waals surface area contributed by atoms with Gasteiger partial charge in [-0.25, -0.2) is 9.18 Å². The normalized spacial score (nSPS) is 15.9. The van der Waals surface area contributed by atoms with Crippen LogP contribution < -0.4 is 15.8 Å². The van der Waals surface area contributed by atoms with Crippen molar-refractivity contribution < 1.29 is 18.7 Å². The summed E-state index contributed by atoms with van der Waals surface area (Å²) in [7, 11) is 1.66. The molecule has 2 aromatic carbocycles. The Morgan fingerprint density at radius 2 is 2.11 bits per heavy atom. The van der Waals surface area contributed by atoms with Gasteiger partial charge in [-0.3, -0.25) is 4.79 Å². The molecule has 1 aliphatic rings. The maximum atomic E-state index is 13.7. The van der Waals surface area contributed by atoms with Crippen LogP contribution in [0.2, 0.25) is 0 Å². The van der Waals surface area contributed by atoms with Crippen LogP contribution in [0.15, 0.2) is 42.5 Å². The first-order chi connectivity index (χ1) is 12.9. The van der Waals surface area contributed by atoms with E-state index in [-0.39, 0.29) is 17.9 Å². The molecule has 2 aromatic rings. The third kappa shape index (κ3) is 4.55. The van der Waals surface area contributed by atoms with E-state index >= 15 is 0 Å². The van der Waals surface area contributed by atoms with Crippen molar-refractivity contribution in [3.63, 3.8) is 0 Å². The summed E-state index contributed by atoms with van der Waals surface area (Å²) in [6, 6.07) is 10.6. The van der Waals surface area contributed by atoms with Crippen molar-refractivity contribution in [1.29, 1.82) is 0 Å². The van der Waals surface area contributed by atoms with Crippen LogP contribution in [0.4, 0.5) is 9.18 Å². The van der Waals surface area contributed by atoms with Gasteiger partial charge in [0.05, 0.1) is 12.6 Å². The largest absolute Gasteiger partial charge is 0.493 e. The van der Waals surface area contributed by atoms with Gasteiger partial charge in [0, 0.05) is 24.7 Å². The van der Waals surface area contributed by atoms with Crippen LogP contribution in [-0.2, 0) is 6.54 Å². The number of carbonyl (C=O) groups excluding carboxylic acids is 2. The first-order valence-electron chi connectivity index (χ1n) is 8.76. The van der Waals surface area contributed by atoms with Crippen LogP contribution >= 0.6 is 0 Å². The molecule has 0 aromatic heterocycles. The number of ether oxygens (including phenoxy) is 1. The quantitative estimate of drug-likeness (QED) is 0.866. The van der Waals surface area contributed by atoms with Crippen molar-refractivity contribution in [2.75, 3.05) is 13.7 Å². The zero-order valence-corrected chi connectivity index (χ0v) is 15.1. The highest BCUT2D eigenvalue weighted by atomic mass is 19.1. The van der Waals surface area contributed by atoms with Crippen LogP contribution in [-0.4, -0.2) is 30.5 Å². The van der Waals surface area contributed by atoms with Crippen molar-refractivity contribution in [2.45, 2.75) is 25.4 Å². The number of urea groups is 1. The molecule has 0 aliphatic carbocycles. The van der Waals surface area contributed by atoms with Gasteiger partial charge in [0.2, 0.25) is 5.91 Å². The van der Waals surface area contributed by atoms with Crippen LogP contribution in [0.5, 0.6) is 5.75 Å². The van der Waals surface area contributed by atoms with Gasteiger partial charge >= 0.3 is 6.03 Å². The third-order valence-electron chi connectivity index (χ3n) is 4.52. The molecule has 0 radical (unpaired) electrons. The topological polar surface area (TPSA) is 84.7 Å². The summed E-state index contributed by atoms with van der Waals surface area (Å²) in [4.78, 5) is 25.4. The third-order valence-corrected chi connectivity index (χ3v) is 4.52. The summed E-state index contributed by atoms with van der Waals surface area (Å²) in [5.74, 6) is -0.285. The van der Waals surface area contributed by atoms with Crippen molar-refractivity contribution in [2.24, 2.45) is 5.73 Å². The number of carbonyl (C=O) groups is 2. The maximum absolute atomic E-state index is 13.7. The number of fused-ring (bicyclic) bond motifs is 1. The van der Waals surface area contributed by atoms with Crippen LogP contribution in [0.25, 0.3) is 0 Å². The zero-order valence-electron chi connectivity index (χ0n) is 15.1. The number of halogens is 1. The number of primary amides is 1. The van der Waals surface area contributed by atoms with E-state index in [0.717, 1.165) is 12.0 Å². The van der Waals surface area contributed by atoms with Crippen molar-refractivity contribution >= 4 is 11.9 Å². The predicted octanol–water partition coefficient (Wildman–Crippen LogP) is 2.98. The first-order valence-corrected chi connectivity index (χ1v) is 8.76. The summed E-state index contributed by atoms with van der Waals surface area (Å²) in [5.41, 5.74) is 7.12. The van der Waals surface area contributed by atoms with Gasteiger partial charge < -0.3 is 20.7 Å². The summed E-state index contributed by atoms with van der Waals surface area (Å²) in [6.07, 6.45) is 1.42. The summed E-state index contributed by atoms with van der Waals surface area (Å²) < 4.78 is 19.3.